The third-order valence-corrected chi connectivity index (χ3v) is 12.2. The fourth-order valence-electron chi connectivity index (χ4n) is 9.58. The maximum Gasteiger partial charge on any atom is 0.160 e. The minimum atomic E-state index is -0.638. The lowest BCUT2D eigenvalue weighted by Gasteiger charge is -2.39. The number of para-hydroxylation sites is 3. The van der Waals surface area contributed by atoms with Gasteiger partial charge in [-0.05, 0) is 69.3 Å². The summed E-state index contributed by atoms with van der Waals surface area (Å²) in [5, 5.41) is 1.10. The first-order valence-electron chi connectivity index (χ1n) is 20.3. The number of hydrogen-bond acceptors (Lipinski definition) is 4. The standard InChI is InChI=1S/C56H35N3O/c1-3-14-36(15-4-1)37-27-29-39(30-28-37)50-35-49(38-16-5-2-6-17-38)58-55(59-50)41-31-32-45-44(34-41)53-42(43-21-11-18-40-19-13-33-57-54(40)43)20-12-24-48(53)56(45)46-22-7-9-25-51(46)60-52-26-10-8-23-47(52)56/h1-35H. The zero-order valence-corrected chi connectivity index (χ0v) is 32.5. The van der Waals surface area contributed by atoms with Gasteiger partial charge in [-0.1, -0.05) is 176 Å². The van der Waals surface area contributed by atoms with Crippen LogP contribution in [0.5, 0.6) is 11.5 Å². The molecule has 4 nitrogen and oxygen atoms in total. The molecule has 2 aromatic heterocycles. The maximum absolute atomic E-state index is 6.67. The molecule has 0 saturated carbocycles. The fourth-order valence-corrected chi connectivity index (χ4v) is 9.58. The zero-order valence-electron chi connectivity index (χ0n) is 32.5. The van der Waals surface area contributed by atoms with Crippen molar-refractivity contribution >= 4 is 10.9 Å². The van der Waals surface area contributed by atoms with Gasteiger partial charge in [0, 0.05) is 45.0 Å². The smallest absolute Gasteiger partial charge is 0.160 e. The van der Waals surface area contributed by atoms with Crippen LogP contribution in [0.25, 0.3) is 78.2 Å². The van der Waals surface area contributed by atoms with Crippen LogP contribution < -0.4 is 4.74 Å². The number of fused-ring (bicyclic) bond motifs is 10. The Bertz CT molecular complexity index is 3230. The SMILES string of the molecule is c1ccc(-c2ccc(-c3cc(-c4ccccc4)nc(-c4ccc5c(c4)-c4c(-c6cccc7cccnc67)cccc4C54c5ccccc5Oc5ccccc54)n3)cc2)cc1. The molecule has 1 spiro atoms. The minimum absolute atomic E-state index is 0.638. The fraction of sp³-hybridized carbons (Fsp3) is 0.0179. The second kappa shape index (κ2) is 13.6. The lowest BCUT2D eigenvalue weighted by Crippen LogP contribution is -2.32. The van der Waals surface area contributed by atoms with E-state index in [0.29, 0.717) is 5.82 Å². The first-order chi connectivity index (χ1) is 29.7. The quantitative estimate of drug-likeness (QED) is 0.175. The Morgan fingerprint density at radius 2 is 0.917 bits per heavy atom. The molecule has 2 aliphatic rings. The first kappa shape index (κ1) is 34.1. The average molecular weight is 766 g/mol. The van der Waals surface area contributed by atoms with E-state index in [9.17, 15) is 0 Å². The summed E-state index contributed by atoms with van der Waals surface area (Å²) in [5.41, 5.74) is 16.6. The van der Waals surface area contributed by atoms with E-state index in [2.05, 4.69) is 188 Å². The van der Waals surface area contributed by atoms with Gasteiger partial charge in [0.2, 0.25) is 0 Å². The molecule has 0 radical (unpaired) electrons. The molecule has 0 atom stereocenters. The number of benzene rings is 8. The van der Waals surface area contributed by atoms with Gasteiger partial charge in [-0.15, -0.1) is 0 Å². The number of rotatable bonds is 5. The molecule has 0 bridgehead atoms. The van der Waals surface area contributed by atoms with Crippen LogP contribution in [-0.4, -0.2) is 15.0 Å². The lowest BCUT2D eigenvalue weighted by atomic mass is 9.66. The van der Waals surface area contributed by atoms with E-state index in [1.165, 1.54) is 22.3 Å². The highest BCUT2D eigenvalue weighted by Crippen LogP contribution is 2.63. The number of hydrogen-bond donors (Lipinski definition) is 0. The Hall–Kier alpha value is -7.95. The zero-order chi connectivity index (χ0) is 39.6. The molecule has 8 aromatic carbocycles. The molecule has 0 amide bonds. The number of ether oxygens (including phenoxy) is 1. The number of aromatic nitrogens is 3. The first-order valence-corrected chi connectivity index (χ1v) is 20.3. The van der Waals surface area contributed by atoms with E-state index in [1.54, 1.807) is 0 Å². The second-order valence-corrected chi connectivity index (χ2v) is 15.5. The van der Waals surface area contributed by atoms with Crippen LogP contribution in [0, 0.1) is 0 Å². The van der Waals surface area contributed by atoms with Crippen LogP contribution in [0.2, 0.25) is 0 Å². The molecule has 0 fully saturated rings. The van der Waals surface area contributed by atoms with Crippen molar-refractivity contribution in [1.29, 1.82) is 0 Å². The molecule has 60 heavy (non-hydrogen) atoms. The van der Waals surface area contributed by atoms with Crippen LogP contribution in [0.3, 0.4) is 0 Å². The summed E-state index contributed by atoms with van der Waals surface area (Å²) in [4.78, 5) is 15.6. The van der Waals surface area contributed by atoms with Gasteiger partial charge in [0.25, 0.3) is 0 Å². The summed E-state index contributed by atoms with van der Waals surface area (Å²) in [5.74, 6) is 2.39. The van der Waals surface area contributed by atoms with E-state index >= 15 is 0 Å². The van der Waals surface area contributed by atoms with Gasteiger partial charge in [0.15, 0.2) is 5.82 Å². The highest BCUT2D eigenvalue weighted by Gasteiger charge is 2.51. The third kappa shape index (κ3) is 5.21. The molecule has 10 aromatic rings. The van der Waals surface area contributed by atoms with Gasteiger partial charge in [-0.2, -0.15) is 0 Å². The molecule has 0 N–H and O–H groups in total. The predicted octanol–water partition coefficient (Wildman–Crippen LogP) is 13.8. The highest BCUT2D eigenvalue weighted by atomic mass is 16.5. The van der Waals surface area contributed by atoms with Gasteiger partial charge in [-0.25, -0.2) is 9.97 Å². The molecule has 1 aliphatic carbocycles. The Labute approximate surface area is 348 Å². The van der Waals surface area contributed by atoms with Crippen molar-refractivity contribution in [2.75, 3.05) is 0 Å². The van der Waals surface area contributed by atoms with Gasteiger partial charge >= 0.3 is 0 Å². The Morgan fingerprint density at radius 3 is 1.65 bits per heavy atom. The van der Waals surface area contributed by atoms with Crippen LogP contribution in [0.4, 0.5) is 0 Å². The van der Waals surface area contributed by atoms with Crippen LogP contribution in [-0.2, 0) is 5.41 Å². The molecule has 12 rings (SSSR count). The van der Waals surface area contributed by atoms with Crippen molar-refractivity contribution in [2.24, 2.45) is 0 Å². The van der Waals surface area contributed by atoms with Crippen LogP contribution >= 0.6 is 0 Å². The van der Waals surface area contributed by atoms with Crippen LogP contribution in [0.1, 0.15) is 22.3 Å². The molecular weight excluding hydrogens is 731 g/mol. The number of nitrogens with zero attached hydrogens (tertiary/aromatic N) is 3. The van der Waals surface area contributed by atoms with E-state index in [4.69, 9.17) is 19.7 Å². The maximum atomic E-state index is 6.67. The van der Waals surface area contributed by atoms with Gasteiger partial charge in [0.1, 0.15) is 11.5 Å². The molecule has 0 unspecified atom stereocenters. The summed E-state index contributed by atoms with van der Waals surface area (Å²) in [6, 6.07) is 72.8. The molecule has 1 aliphatic heterocycles. The average Bonchev–Trinajstić information content (AvgIpc) is 3.62. The van der Waals surface area contributed by atoms with Crippen molar-refractivity contribution in [1.82, 2.24) is 15.0 Å². The van der Waals surface area contributed by atoms with E-state index in [-0.39, 0.29) is 0 Å². The Morgan fingerprint density at radius 1 is 0.367 bits per heavy atom. The largest absolute Gasteiger partial charge is 0.457 e. The monoisotopic (exact) mass is 765 g/mol. The van der Waals surface area contributed by atoms with Gasteiger partial charge in [0.05, 0.1) is 22.3 Å². The van der Waals surface area contributed by atoms with E-state index in [1.807, 2.05) is 24.4 Å². The Balaban J connectivity index is 1.12. The van der Waals surface area contributed by atoms with Crippen molar-refractivity contribution in [3.8, 4) is 78.8 Å². The molecule has 4 heteroatoms. The molecule has 280 valence electrons. The topological polar surface area (TPSA) is 47.9 Å². The predicted molar refractivity (Wildman–Crippen MR) is 242 cm³/mol. The second-order valence-electron chi connectivity index (χ2n) is 15.5. The summed E-state index contributed by atoms with van der Waals surface area (Å²) >= 11 is 0. The highest BCUT2D eigenvalue weighted by molar-refractivity contribution is 6.03. The molecule has 0 saturated heterocycles. The van der Waals surface area contributed by atoms with E-state index in [0.717, 1.165) is 83.9 Å². The van der Waals surface area contributed by atoms with Crippen LogP contribution in [0.15, 0.2) is 212 Å². The van der Waals surface area contributed by atoms with Crippen molar-refractivity contribution < 1.29 is 4.74 Å². The third-order valence-electron chi connectivity index (χ3n) is 12.2. The van der Waals surface area contributed by atoms with Crippen molar-refractivity contribution in [3.63, 3.8) is 0 Å². The summed E-state index contributed by atoms with van der Waals surface area (Å²) in [6.07, 6.45) is 1.89. The Kier molecular flexibility index (Phi) is 7.72. The van der Waals surface area contributed by atoms with Gasteiger partial charge in [-0.3, -0.25) is 4.98 Å². The molecular formula is C56H35N3O. The molecule has 3 heterocycles. The number of pyridine rings is 1. The summed E-state index contributed by atoms with van der Waals surface area (Å²) in [6.45, 7) is 0. The minimum Gasteiger partial charge on any atom is -0.457 e. The van der Waals surface area contributed by atoms with Gasteiger partial charge < -0.3 is 4.74 Å². The summed E-state index contributed by atoms with van der Waals surface area (Å²) < 4.78 is 6.67. The van der Waals surface area contributed by atoms with Crippen molar-refractivity contribution in [3.05, 3.63) is 235 Å². The van der Waals surface area contributed by atoms with E-state index < -0.39 is 5.41 Å². The normalized spacial score (nSPS) is 12.9. The lowest BCUT2D eigenvalue weighted by molar-refractivity contribution is 0.436. The summed E-state index contributed by atoms with van der Waals surface area (Å²) in [7, 11) is 0. The van der Waals surface area contributed by atoms with Crippen molar-refractivity contribution in [2.45, 2.75) is 5.41 Å².